The lowest BCUT2D eigenvalue weighted by Crippen LogP contribution is -2.28. The number of hydrogen-bond donors (Lipinski definition) is 3. The summed E-state index contributed by atoms with van der Waals surface area (Å²) in [5, 5.41) is 5.19. The van der Waals surface area contributed by atoms with Crippen LogP contribution in [0.1, 0.15) is 6.92 Å². The number of rotatable bonds is 6. The molecule has 3 N–H and O–H groups in total. The van der Waals surface area contributed by atoms with Gasteiger partial charge in [-0.25, -0.2) is 13.2 Å². The van der Waals surface area contributed by atoms with Crippen LogP contribution in [-0.4, -0.2) is 28.1 Å². The standard InChI is InChI=1S/C16H19N3O4S/c1-3-17-16(20)18-14-6-4-5-7-15(14)19-24(21,22)13-10-8-12(23-2)9-11-13/h4-11,19H,3H2,1-2H3,(H2,17,18,20). The number of para-hydroxylation sites is 2. The van der Waals surface area contributed by atoms with Crippen molar-refractivity contribution in [3.05, 3.63) is 48.5 Å². The first-order valence-corrected chi connectivity index (χ1v) is 8.75. The van der Waals surface area contributed by atoms with Gasteiger partial charge in [0.15, 0.2) is 0 Å². The molecule has 0 fully saturated rings. The summed E-state index contributed by atoms with van der Waals surface area (Å²) in [5.74, 6) is 0.562. The Balaban J connectivity index is 2.24. The number of benzene rings is 2. The van der Waals surface area contributed by atoms with Gasteiger partial charge in [0.2, 0.25) is 0 Å². The van der Waals surface area contributed by atoms with Crippen LogP contribution in [0, 0.1) is 0 Å². The fraction of sp³-hybridized carbons (Fsp3) is 0.188. The summed E-state index contributed by atoms with van der Waals surface area (Å²) in [6.07, 6.45) is 0. The maximum absolute atomic E-state index is 12.5. The molecule has 0 spiro atoms. The highest BCUT2D eigenvalue weighted by molar-refractivity contribution is 7.92. The third-order valence-corrected chi connectivity index (χ3v) is 4.51. The van der Waals surface area contributed by atoms with Gasteiger partial charge in [-0.3, -0.25) is 4.72 Å². The molecule has 0 aliphatic heterocycles. The number of carbonyl (C=O) groups excluding carboxylic acids is 1. The van der Waals surface area contributed by atoms with E-state index in [1.54, 1.807) is 43.3 Å². The first-order valence-electron chi connectivity index (χ1n) is 7.27. The Kier molecular flexibility index (Phi) is 5.64. The van der Waals surface area contributed by atoms with Gasteiger partial charge in [0.05, 0.1) is 23.4 Å². The lowest BCUT2D eigenvalue weighted by Gasteiger charge is -2.14. The third kappa shape index (κ3) is 4.39. The van der Waals surface area contributed by atoms with Gasteiger partial charge >= 0.3 is 6.03 Å². The monoisotopic (exact) mass is 349 g/mol. The Morgan fingerprint density at radius 1 is 1.04 bits per heavy atom. The number of anilines is 2. The number of amides is 2. The van der Waals surface area contributed by atoms with Crippen molar-refractivity contribution >= 4 is 27.4 Å². The Morgan fingerprint density at radius 3 is 2.25 bits per heavy atom. The molecule has 0 bridgehead atoms. The minimum Gasteiger partial charge on any atom is -0.497 e. The van der Waals surface area contributed by atoms with Crippen LogP contribution < -0.4 is 20.1 Å². The maximum atomic E-state index is 12.5. The molecule has 2 amide bonds. The summed E-state index contributed by atoms with van der Waals surface area (Å²) in [5.41, 5.74) is 0.639. The highest BCUT2D eigenvalue weighted by atomic mass is 32.2. The minimum atomic E-state index is -3.79. The third-order valence-electron chi connectivity index (χ3n) is 3.13. The highest BCUT2D eigenvalue weighted by Gasteiger charge is 2.16. The molecule has 2 aromatic carbocycles. The predicted molar refractivity (Wildman–Crippen MR) is 92.9 cm³/mol. The van der Waals surface area contributed by atoms with Crippen molar-refractivity contribution in [3.8, 4) is 5.75 Å². The van der Waals surface area contributed by atoms with Crippen LogP contribution in [0.4, 0.5) is 16.2 Å². The van der Waals surface area contributed by atoms with Crippen LogP contribution in [0.3, 0.4) is 0 Å². The van der Waals surface area contributed by atoms with Crippen molar-refractivity contribution in [2.24, 2.45) is 0 Å². The zero-order chi connectivity index (χ0) is 17.6. The van der Waals surface area contributed by atoms with E-state index < -0.39 is 16.1 Å². The Morgan fingerprint density at radius 2 is 1.67 bits per heavy atom. The molecular weight excluding hydrogens is 330 g/mol. The minimum absolute atomic E-state index is 0.0936. The van der Waals surface area contributed by atoms with E-state index in [-0.39, 0.29) is 10.6 Å². The number of nitrogens with one attached hydrogen (secondary N) is 3. The largest absolute Gasteiger partial charge is 0.497 e. The number of carbonyl (C=O) groups is 1. The van der Waals surface area contributed by atoms with Crippen LogP contribution in [0.2, 0.25) is 0 Å². The molecule has 0 aliphatic rings. The van der Waals surface area contributed by atoms with Crippen molar-refractivity contribution in [2.45, 2.75) is 11.8 Å². The molecule has 0 radical (unpaired) electrons. The second-order valence-corrected chi connectivity index (χ2v) is 6.49. The number of hydrogen-bond acceptors (Lipinski definition) is 4. The zero-order valence-electron chi connectivity index (χ0n) is 13.4. The van der Waals surface area contributed by atoms with E-state index in [9.17, 15) is 13.2 Å². The fourth-order valence-electron chi connectivity index (χ4n) is 1.97. The van der Waals surface area contributed by atoms with Crippen LogP contribution in [-0.2, 0) is 10.0 Å². The fourth-order valence-corrected chi connectivity index (χ4v) is 3.05. The second kappa shape index (κ2) is 7.69. The van der Waals surface area contributed by atoms with E-state index in [4.69, 9.17) is 4.74 Å². The zero-order valence-corrected chi connectivity index (χ0v) is 14.2. The lowest BCUT2D eigenvalue weighted by molar-refractivity contribution is 0.252. The van der Waals surface area contributed by atoms with E-state index in [1.165, 1.54) is 19.2 Å². The van der Waals surface area contributed by atoms with Crippen molar-refractivity contribution < 1.29 is 17.9 Å². The van der Waals surface area contributed by atoms with Crippen molar-refractivity contribution in [1.82, 2.24) is 5.32 Å². The van der Waals surface area contributed by atoms with E-state index in [2.05, 4.69) is 15.4 Å². The number of ether oxygens (including phenoxy) is 1. The smallest absolute Gasteiger partial charge is 0.319 e. The van der Waals surface area contributed by atoms with E-state index >= 15 is 0 Å². The summed E-state index contributed by atoms with van der Waals surface area (Å²) < 4.78 is 32.5. The molecule has 24 heavy (non-hydrogen) atoms. The molecule has 128 valence electrons. The van der Waals surface area contributed by atoms with E-state index in [0.29, 0.717) is 18.0 Å². The topological polar surface area (TPSA) is 96.5 Å². The summed E-state index contributed by atoms with van der Waals surface area (Å²) in [6.45, 7) is 2.25. The SMILES string of the molecule is CCNC(=O)Nc1ccccc1NS(=O)(=O)c1ccc(OC)cc1. The molecule has 0 atom stereocenters. The van der Waals surface area contributed by atoms with Gasteiger partial charge in [0.25, 0.3) is 10.0 Å². The highest BCUT2D eigenvalue weighted by Crippen LogP contribution is 2.25. The quantitative estimate of drug-likeness (QED) is 0.747. The Hall–Kier alpha value is -2.74. The molecule has 0 saturated heterocycles. The molecule has 8 heteroatoms. The molecule has 2 rings (SSSR count). The number of urea groups is 1. The normalized spacial score (nSPS) is 10.8. The first kappa shape index (κ1) is 17.6. The van der Waals surface area contributed by atoms with Gasteiger partial charge in [0, 0.05) is 6.54 Å². The van der Waals surface area contributed by atoms with Gasteiger partial charge in [-0.15, -0.1) is 0 Å². The van der Waals surface area contributed by atoms with Gasteiger partial charge in [-0.05, 0) is 43.3 Å². The average Bonchev–Trinajstić information content (AvgIpc) is 2.57. The summed E-state index contributed by atoms with van der Waals surface area (Å²) in [6, 6.07) is 12.2. The van der Waals surface area contributed by atoms with Gasteiger partial charge < -0.3 is 15.4 Å². The molecule has 0 heterocycles. The number of sulfonamides is 1. The number of methoxy groups -OCH3 is 1. The molecule has 7 nitrogen and oxygen atoms in total. The molecule has 0 unspecified atom stereocenters. The molecule has 0 aliphatic carbocycles. The van der Waals surface area contributed by atoms with Crippen LogP contribution in [0.5, 0.6) is 5.75 Å². The lowest BCUT2D eigenvalue weighted by atomic mass is 10.3. The molecular formula is C16H19N3O4S. The van der Waals surface area contributed by atoms with Crippen LogP contribution in [0.15, 0.2) is 53.4 Å². The van der Waals surface area contributed by atoms with Crippen LogP contribution in [0.25, 0.3) is 0 Å². The Labute approximate surface area is 141 Å². The second-order valence-electron chi connectivity index (χ2n) is 4.81. The van der Waals surface area contributed by atoms with Gasteiger partial charge in [-0.2, -0.15) is 0 Å². The van der Waals surface area contributed by atoms with Gasteiger partial charge in [-0.1, -0.05) is 12.1 Å². The van der Waals surface area contributed by atoms with Crippen molar-refractivity contribution in [1.29, 1.82) is 0 Å². The first-order chi connectivity index (χ1) is 11.5. The maximum Gasteiger partial charge on any atom is 0.319 e. The Bertz CT molecular complexity index is 804. The summed E-state index contributed by atoms with van der Waals surface area (Å²) in [7, 11) is -2.28. The summed E-state index contributed by atoms with van der Waals surface area (Å²) in [4.78, 5) is 11.8. The summed E-state index contributed by atoms with van der Waals surface area (Å²) >= 11 is 0. The predicted octanol–water partition coefficient (Wildman–Crippen LogP) is 2.64. The van der Waals surface area contributed by atoms with Crippen molar-refractivity contribution in [3.63, 3.8) is 0 Å². The van der Waals surface area contributed by atoms with Gasteiger partial charge in [0.1, 0.15) is 5.75 Å². The molecule has 2 aromatic rings. The van der Waals surface area contributed by atoms with E-state index in [0.717, 1.165) is 0 Å². The average molecular weight is 349 g/mol. The van der Waals surface area contributed by atoms with Crippen LogP contribution >= 0.6 is 0 Å². The van der Waals surface area contributed by atoms with Crippen molar-refractivity contribution in [2.75, 3.05) is 23.7 Å². The molecule has 0 saturated carbocycles. The molecule has 0 aromatic heterocycles. The van der Waals surface area contributed by atoms with E-state index in [1.807, 2.05) is 0 Å².